The second-order valence-corrected chi connectivity index (χ2v) is 11.0. The molecule has 186 valence electrons. The number of pyridine rings is 1. The van der Waals surface area contributed by atoms with Gasteiger partial charge in [-0.2, -0.15) is 5.26 Å². The average molecular weight is 514 g/mol. The van der Waals surface area contributed by atoms with E-state index < -0.39 is 0 Å². The maximum absolute atomic E-state index is 12.8. The molecule has 0 spiro atoms. The van der Waals surface area contributed by atoms with Gasteiger partial charge in [0.15, 0.2) is 5.69 Å². The molecule has 2 aromatic heterocycles. The van der Waals surface area contributed by atoms with E-state index in [0.717, 1.165) is 55.6 Å². The quantitative estimate of drug-likeness (QED) is 0.559. The third-order valence-electron chi connectivity index (χ3n) is 8.37. The van der Waals surface area contributed by atoms with Crippen molar-refractivity contribution in [3.05, 3.63) is 69.6 Å². The highest BCUT2D eigenvalue weighted by Gasteiger charge is 2.53. The summed E-state index contributed by atoms with van der Waals surface area (Å²) in [5.41, 5.74) is 4.08. The van der Waals surface area contributed by atoms with Crippen molar-refractivity contribution in [2.75, 3.05) is 11.4 Å². The van der Waals surface area contributed by atoms with Crippen LogP contribution in [0.3, 0.4) is 0 Å². The lowest BCUT2D eigenvalue weighted by molar-refractivity contribution is -0.118. The number of nitrogens with one attached hydrogen (secondary N) is 1. The van der Waals surface area contributed by atoms with Crippen LogP contribution in [0.5, 0.6) is 0 Å². The molecule has 3 aliphatic carbocycles. The standard InChI is InChI=1S/C27H24ClN7O2/c28-18-3-1-15(10-29)20(9-18)16-5-19(6-16)31-26(36)23-13-35(33-32-23)24-4-2-14-8-25(30-11-22(14)24)34-12-17-7-21(17)27(34)37/h1,3,8-9,11,13,16-17,19,21,24H,2,4-7,12H2,(H,31,36)/t16?,17-,19?,21-,24-/m1/s1. The van der Waals surface area contributed by atoms with Gasteiger partial charge in [0, 0.05) is 29.7 Å². The molecule has 3 fully saturated rings. The van der Waals surface area contributed by atoms with Crippen molar-refractivity contribution >= 4 is 29.2 Å². The molecule has 7 rings (SSSR count). The van der Waals surface area contributed by atoms with Crippen molar-refractivity contribution in [1.82, 2.24) is 25.3 Å². The number of carbonyl (C=O) groups is 2. The van der Waals surface area contributed by atoms with Crippen LogP contribution in [0.2, 0.25) is 5.02 Å². The first-order valence-electron chi connectivity index (χ1n) is 12.7. The number of nitrogens with zero attached hydrogens (tertiary/aromatic N) is 6. The molecule has 2 amide bonds. The van der Waals surface area contributed by atoms with E-state index in [-0.39, 0.29) is 41.4 Å². The topological polar surface area (TPSA) is 117 Å². The molecule has 1 aliphatic heterocycles. The molecule has 3 heterocycles. The predicted octanol–water partition coefficient (Wildman–Crippen LogP) is 3.39. The normalized spacial score (nSPS) is 27.3. The Labute approximate surface area is 218 Å². The minimum absolute atomic E-state index is 0.0161. The lowest BCUT2D eigenvalue weighted by Gasteiger charge is -2.36. The average Bonchev–Trinajstić information content (AvgIpc) is 3.18. The van der Waals surface area contributed by atoms with E-state index in [1.165, 1.54) is 5.56 Å². The van der Waals surface area contributed by atoms with Gasteiger partial charge in [-0.05, 0) is 84.9 Å². The zero-order chi connectivity index (χ0) is 25.3. The van der Waals surface area contributed by atoms with Gasteiger partial charge in [-0.3, -0.25) is 14.5 Å². The number of hydrogen-bond acceptors (Lipinski definition) is 6. The zero-order valence-electron chi connectivity index (χ0n) is 20.0. The summed E-state index contributed by atoms with van der Waals surface area (Å²) in [6.07, 6.45) is 7.77. The zero-order valence-corrected chi connectivity index (χ0v) is 20.7. The first-order chi connectivity index (χ1) is 18.0. The van der Waals surface area contributed by atoms with Crippen LogP contribution in [-0.4, -0.2) is 44.4 Å². The number of aryl methyl sites for hydroxylation is 1. The lowest BCUT2D eigenvalue weighted by atomic mass is 9.74. The fraction of sp³-hybridized carbons (Fsp3) is 0.407. The molecule has 1 N–H and O–H groups in total. The molecule has 37 heavy (non-hydrogen) atoms. The number of anilines is 1. The fourth-order valence-corrected chi connectivity index (χ4v) is 6.30. The second kappa shape index (κ2) is 8.38. The molecule has 4 aliphatic rings. The molecule has 1 saturated heterocycles. The van der Waals surface area contributed by atoms with Crippen LogP contribution >= 0.6 is 11.6 Å². The van der Waals surface area contributed by atoms with Crippen molar-refractivity contribution < 1.29 is 9.59 Å². The van der Waals surface area contributed by atoms with Gasteiger partial charge in [0.05, 0.1) is 23.9 Å². The van der Waals surface area contributed by atoms with E-state index in [2.05, 4.69) is 26.7 Å². The lowest BCUT2D eigenvalue weighted by Crippen LogP contribution is -2.43. The van der Waals surface area contributed by atoms with Gasteiger partial charge in [-0.25, -0.2) is 9.67 Å². The third kappa shape index (κ3) is 3.78. The number of amides is 2. The SMILES string of the molecule is N#Cc1ccc(Cl)cc1C1CC(NC(=O)c2cn([C@@H]3CCc4cc(N5C[C@H]6C[C@H]6C5=O)ncc43)nn2)C1. The summed E-state index contributed by atoms with van der Waals surface area (Å²) in [4.78, 5) is 31.7. The Morgan fingerprint density at radius 2 is 2.05 bits per heavy atom. The Morgan fingerprint density at radius 1 is 1.19 bits per heavy atom. The Hall–Kier alpha value is -3.77. The monoisotopic (exact) mass is 513 g/mol. The molecular formula is C27H24ClN7O2. The second-order valence-electron chi connectivity index (χ2n) is 10.6. The van der Waals surface area contributed by atoms with Crippen LogP contribution < -0.4 is 10.2 Å². The number of aromatic nitrogens is 4. The van der Waals surface area contributed by atoms with E-state index in [4.69, 9.17) is 11.6 Å². The Balaban J connectivity index is 0.998. The minimum Gasteiger partial charge on any atom is -0.348 e. The number of carbonyl (C=O) groups excluding carboxylic acids is 2. The number of piperidine rings is 1. The van der Waals surface area contributed by atoms with Gasteiger partial charge in [-0.1, -0.05) is 16.8 Å². The minimum atomic E-state index is -0.251. The van der Waals surface area contributed by atoms with E-state index in [1.807, 2.05) is 23.2 Å². The molecule has 3 atom stereocenters. The van der Waals surface area contributed by atoms with E-state index >= 15 is 0 Å². The summed E-state index contributed by atoms with van der Waals surface area (Å²) in [6, 6.07) is 9.55. The van der Waals surface area contributed by atoms with Gasteiger partial charge in [0.2, 0.25) is 5.91 Å². The maximum atomic E-state index is 12.8. The Bertz CT molecular complexity index is 1490. The number of nitriles is 1. The van der Waals surface area contributed by atoms with Crippen LogP contribution in [0.4, 0.5) is 5.82 Å². The highest BCUT2D eigenvalue weighted by atomic mass is 35.5. The summed E-state index contributed by atoms with van der Waals surface area (Å²) in [6.45, 7) is 0.778. The summed E-state index contributed by atoms with van der Waals surface area (Å²) in [5, 5.41) is 21.4. The highest BCUT2D eigenvalue weighted by Crippen LogP contribution is 2.47. The summed E-state index contributed by atoms with van der Waals surface area (Å²) < 4.78 is 1.74. The largest absolute Gasteiger partial charge is 0.348 e. The molecule has 10 heteroatoms. The van der Waals surface area contributed by atoms with Crippen LogP contribution in [0.15, 0.2) is 36.7 Å². The van der Waals surface area contributed by atoms with Crippen molar-refractivity contribution in [3.63, 3.8) is 0 Å². The van der Waals surface area contributed by atoms with Gasteiger partial charge in [0.25, 0.3) is 5.91 Å². The van der Waals surface area contributed by atoms with E-state index in [9.17, 15) is 14.9 Å². The first kappa shape index (κ1) is 22.4. The highest BCUT2D eigenvalue weighted by molar-refractivity contribution is 6.30. The van der Waals surface area contributed by atoms with Crippen LogP contribution in [0.25, 0.3) is 0 Å². The fourth-order valence-electron chi connectivity index (χ4n) is 6.12. The first-order valence-corrected chi connectivity index (χ1v) is 13.1. The van der Waals surface area contributed by atoms with Gasteiger partial charge < -0.3 is 5.32 Å². The van der Waals surface area contributed by atoms with Crippen molar-refractivity contribution in [2.45, 2.75) is 50.1 Å². The molecule has 0 bridgehead atoms. The predicted molar refractivity (Wildman–Crippen MR) is 134 cm³/mol. The number of halogens is 1. The van der Waals surface area contributed by atoms with E-state index in [0.29, 0.717) is 16.5 Å². The summed E-state index contributed by atoms with van der Waals surface area (Å²) >= 11 is 6.12. The number of rotatable bonds is 5. The Kier molecular flexibility index (Phi) is 5.08. The van der Waals surface area contributed by atoms with Gasteiger partial charge in [-0.15, -0.1) is 5.10 Å². The van der Waals surface area contributed by atoms with Gasteiger partial charge >= 0.3 is 0 Å². The van der Waals surface area contributed by atoms with Crippen molar-refractivity contribution in [2.24, 2.45) is 11.8 Å². The number of benzene rings is 1. The maximum Gasteiger partial charge on any atom is 0.273 e. The molecule has 3 aromatic rings. The van der Waals surface area contributed by atoms with Crippen LogP contribution in [-0.2, 0) is 11.2 Å². The van der Waals surface area contributed by atoms with Crippen molar-refractivity contribution in [1.29, 1.82) is 5.26 Å². The summed E-state index contributed by atoms with van der Waals surface area (Å²) in [5.74, 6) is 1.61. The molecule has 9 nitrogen and oxygen atoms in total. The van der Waals surface area contributed by atoms with Crippen LogP contribution in [0, 0.1) is 23.2 Å². The molecule has 1 aromatic carbocycles. The van der Waals surface area contributed by atoms with Crippen molar-refractivity contribution in [3.8, 4) is 6.07 Å². The number of fused-ring (bicyclic) bond motifs is 2. The van der Waals surface area contributed by atoms with Gasteiger partial charge in [0.1, 0.15) is 5.82 Å². The summed E-state index contributed by atoms with van der Waals surface area (Å²) in [7, 11) is 0. The third-order valence-corrected chi connectivity index (χ3v) is 8.60. The molecule has 0 unspecified atom stereocenters. The smallest absolute Gasteiger partial charge is 0.273 e. The molecule has 0 radical (unpaired) electrons. The molecular weight excluding hydrogens is 490 g/mol. The van der Waals surface area contributed by atoms with Crippen LogP contribution in [0.1, 0.15) is 70.4 Å². The molecule has 2 saturated carbocycles. The Morgan fingerprint density at radius 3 is 2.84 bits per heavy atom. The number of hydrogen-bond donors (Lipinski definition) is 1. The van der Waals surface area contributed by atoms with E-state index in [1.54, 1.807) is 23.0 Å².